The second-order valence-corrected chi connectivity index (χ2v) is 5.25. The Balaban J connectivity index is 1.87. The number of hydrogen-bond donors (Lipinski definition) is 2. The van der Waals surface area contributed by atoms with Crippen molar-refractivity contribution in [2.45, 2.75) is 45.2 Å². The van der Waals surface area contributed by atoms with Crippen LogP contribution >= 0.6 is 0 Å². The first kappa shape index (κ1) is 13.1. The molecule has 1 aromatic rings. The molecular weight excluding hydrogens is 224 g/mol. The van der Waals surface area contributed by atoms with Crippen LogP contribution in [0.5, 0.6) is 0 Å². The first-order valence-electron chi connectivity index (χ1n) is 6.72. The predicted molar refractivity (Wildman–Crippen MR) is 73.5 cm³/mol. The summed E-state index contributed by atoms with van der Waals surface area (Å²) < 4.78 is 0. The van der Waals surface area contributed by atoms with Crippen molar-refractivity contribution in [1.29, 1.82) is 0 Å². The molecule has 0 aliphatic carbocycles. The maximum atomic E-state index is 12.0. The fourth-order valence-electron chi connectivity index (χ4n) is 2.52. The highest BCUT2D eigenvalue weighted by Gasteiger charge is 2.19. The van der Waals surface area contributed by atoms with E-state index in [0.717, 1.165) is 24.9 Å². The van der Waals surface area contributed by atoms with Crippen molar-refractivity contribution in [2.24, 2.45) is 0 Å². The molecule has 1 amide bonds. The molecule has 1 heterocycles. The minimum Gasteiger partial charge on any atom is -0.353 e. The van der Waals surface area contributed by atoms with Crippen LogP contribution in [0, 0.1) is 6.92 Å². The molecule has 0 radical (unpaired) electrons. The van der Waals surface area contributed by atoms with Gasteiger partial charge in [0.2, 0.25) is 5.91 Å². The molecule has 1 aliphatic heterocycles. The topological polar surface area (TPSA) is 41.1 Å². The molecule has 0 bridgehead atoms. The van der Waals surface area contributed by atoms with Gasteiger partial charge in [0.25, 0.3) is 0 Å². The minimum atomic E-state index is 0.142. The number of carbonyl (C=O) groups is 1. The summed E-state index contributed by atoms with van der Waals surface area (Å²) in [6.45, 7) is 5.21. The molecule has 2 rings (SSSR count). The third kappa shape index (κ3) is 3.57. The van der Waals surface area contributed by atoms with E-state index in [1.165, 1.54) is 5.56 Å². The van der Waals surface area contributed by atoms with Gasteiger partial charge in [-0.2, -0.15) is 0 Å². The van der Waals surface area contributed by atoms with Gasteiger partial charge < -0.3 is 10.6 Å². The number of nitrogens with one attached hydrogen (secondary N) is 2. The lowest BCUT2D eigenvalue weighted by Crippen LogP contribution is -2.47. The van der Waals surface area contributed by atoms with Crippen molar-refractivity contribution < 1.29 is 4.79 Å². The van der Waals surface area contributed by atoms with Gasteiger partial charge in [-0.05, 0) is 44.4 Å². The van der Waals surface area contributed by atoms with E-state index in [-0.39, 0.29) is 5.91 Å². The summed E-state index contributed by atoms with van der Waals surface area (Å²) in [6.07, 6.45) is 2.55. The van der Waals surface area contributed by atoms with Gasteiger partial charge in [-0.1, -0.05) is 24.3 Å². The van der Waals surface area contributed by atoms with Crippen molar-refractivity contribution in [3.63, 3.8) is 0 Å². The number of amides is 1. The Morgan fingerprint density at radius 3 is 2.94 bits per heavy atom. The van der Waals surface area contributed by atoms with Crippen molar-refractivity contribution in [3.05, 3.63) is 35.4 Å². The maximum absolute atomic E-state index is 12.0. The molecule has 98 valence electrons. The SMILES string of the molecule is Cc1ccccc1CC(=O)NC1CCNC(C)C1. The molecular formula is C15H22N2O. The summed E-state index contributed by atoms with van der Waals surface area (Å²) in [7, 11) is 0. The van der Waals surface area contributed by atoms with Gasteiger partial charge >= 0.3 is 0 Å². The first-order valence-corrected chi connectivity index (χ1v) is 6.72. The summed E-state index contributed by atoms with van der Waals surface area (Å²) in [6, 6.07) is 8.91. The lowest BCUT2D eigenvalue weighted by Gasteiger charge is -2.28. The van der Waals surface area contributed by atoms with Crippen LogP contribution in [0.4, 0.5) is 0 Å². The number of benzene rings is 1. The molecule has 2 N–H and O–H groups in total. The van der Waals surface area contributed by atoms with Crippen molar-refractivity contribution >= 4 is 5.91 Å². The zero-order valence-electron chi connectivity index (χ0n) is 11.2. The Hall–Kier alpha value is -1.35. The van der Waals surface area contributed by atoms with Gasteiger partial charge in [-0.15, -0.1) is 0 Å². The van der Waals surface area contributed by atoms with Gasteiger partial charge in [0.05, 0.1) is 6.42 Å². The van der Waals surface area contributed by atoms with Crippen LogP contribution in [0.25, 0.3) is 0 Å². The summed E-state index contributed by atoms with van der Waals surface area (Å²) >= 11 is 0. The van der Waals surface area contributed by atoms with Crippen LogP contribution in [0.15, 0.2) is 24.3 Å². The Morgan fingerprint density at radius 2 is 2.22 bits per heavy atom. The average Bonchev–Trinajstić information content (AvgIpc) is 2.32. The van der Waals surface area contributed by atoms with Crippen LogP contribution in [0.2, 0.25) is 0 Å². The highest BCUT2D eigenvalue weighted by Crippen LogP contribution is 2.10. The first-order chi connectivity index (χ1) is 8.65. The number of carbonyl (C=O) groups excluding carboxylic acids is 1. The van der Waals surface area contributed by atoms with Crippen LogP contribution in [-0.2, 0) is 11.2 Å². The fourth-order valence-corrected chi connectivity index (χ4v) is 2.52. The highest BCUT2D eigenvalue weighted by atomic mass is 16.1. The maximum Gasteiger partial charge on any atom is 0.224 e. The molecule has 3 heteroatoms. The molecule has 1 aliphatic rings. The number of aryl methyl sites for hydroxylation is 1. The van der Waals surface area contributed by atoms with Crippen LogP contribution in [0.3, 0.4) is 0 Å². The van der Waals surface area contributed by atoms with Crippen molar-refractivity contribution in [2.75, 3.05) is 6.54 Å². The molecule has 0 saturated carbocycles. The smallest absolute Gasteiger partial charge is 0.224 e. The zero-order chi connectivity index (χ0) is 13.0. The molecule has 0 spiro atoms. The second kappa shape index (κ2) is 6.01. The lowest BCUT2D eigenvalue weighted by molar-refractivity contribution is -0.121. The molecule has 3 nitrogen and oxygen atoms in total. The Labute approximate surface area is 109 Å². The van der Waals surface area contributed by atoms with E-state index in [1.54, 1.807) is 0 Å². The normalized spacial score (nSPS) is 23.7. The van der Waals surface area contributed by atoms with E-state index in [0.29, 0.717) is 18.5 Å². The lowest BCUT2D eigenvalue weighted by atomic mass is 10.00. The van der Waals surface area contributed by atoms with E-state index in [4.69, 9.17) is 0 Å². The van der Waals surface area contributed by atoms with E-state index < -0.39 is 0 Å². The summed E-state index contributed by atoms with van der Waals surface area (Å²) in [4.78, 5) is 12.0. The third-order valence-electron chi connectivity index (χ3n) is 3.60. The minimum absolute atomic E-state index is 0.142. The molecule has 1 saturated heterocycles. The quantitative estimate of drug-likeness (QED) is 0.854. The predicted octanol–water partition coefficient (Wildman–Crippen LogP) is 1.79. The highest BCUT2D eigenvalue weighted by molar-refractivity contribution is 5.79. The van der Waals surface area contributed by atoms with Crippen molar-refractivity contribution in [1.82, 2.24) is 10.6 Å². The van der Waals surface area contributed by atoms with Crippen LogP contribution < -0.4 is 10.6 Å². The number of rotatable bonds is 3. The van der Waals surface area contributed by atoms with Gasteiger partial charge in [0.15, 0.2) is 0 Å². The fraction of sp³-hybridized carbons (Fsp3) is 0.533. The third-order valence-corrected chi connectivity index (χ3v) is 3.60. The van der Waals surface area contributed by atoms with Crippen LogP contribution in [-0.4, -0.2) is 24.5 Å². The van der Waals surface area contributed by atoms with Gasteiger partial charge in [-0.3, -0.25) is 4.79 Å². The van der Waals surface area contributed by atoms with Crippen molar-refractivity contribution in [3.8, 4) is 0 Å². The van der Waals surface area contributed by atoms with E-state index >= 15 is 0 Å². The number of piperidine rings is 1. The van der Waals surface area contributed by atoms with E-state index in [1.807, 2.05) is 18.2 Å². The van der Waals surface area contributed by atoms with E-state index in [2.05, 4.69) is 30.5 Å². The van der Waals surface area contributed by atoms with Crippen LogP contribution in [0.1, 0.15) is 30.9 Å². The van der Waals surface area contributed by atoms with E-state index in [9.17, 15) is 4.79 Å². The second-order valence-electron chi connectivity index (χ2n) is 5.25. The van der Waals surface area contributed by atoms with Gasteiger partial charge in [0.1, 0.15) is 0 Å². The average molecular weight is 246 g/mol. The Bertz CT molecular complexity index is 417. The molecule has 18 heavy (non-hydrogen) atoms. The molecule has 0 aromatic heterocycles. The molecule has 1 aromatic carbocycles. The Morgan fingerprint density at radius 1 is 1.44 bits per heavy atom. The zero-order valence-corrected chi connectivity index (χ0v) is 11.2. The molecule has 2 atom stereocenters. The Kier molecular flexibility index (Phi) is 4.37. The molecule has 1 fully saturated rings. The summed E-state index contributed by atoms with van der Waals surface area (Å²) in [5, 5.41) is 6.54. The van der Waals surface area contributed by atoms with Gasteiger partial charge in [-0.25, -0.2) is 0 Å². The molecule has 2 unspecified atom stereocenters. The summed E-state index contributed by atoms with van der Waals surface area (Å²) in [5.41, 5.74) is 2.31. The summed E-state index contributed by atoms with van der Waals surface area (Å²) in [5.74, 6) is 0.142. The largest absolute Gasteiger partial charge is 0.353 e. The number of hydrogen-bond acceptors (Lipinski definition) is 2. The van der Waals surface area contributed by atoms with Gasteiger partial charge in [0, 0.05) is 12.1 Å². The monoisotopic (exact) mass is 246 g/mol. The standard InChI is InChI=1S/C15H22N2O/c1-11-5-3-4-6-13(11)10-15(18)17-14-7-8-16-12(2)9-14/h3-6,12,14,16H,7-10H2,1-2H3,(H,17,18).